The topological polar surface area (TPSA) is 85.7 Å². The number of hydrogen-bond donors (Lipinski definition) is 2. The van der Waals surface area contributed by atoms with Crippen molar-refractivity contribution in [2.45, 2.75) is 18.3 Å². The molecule has 0 aromatic heterocycles. The van der Waals surface area contributed by atoms with Crippen LogP contribution in [-0.2, 0) is 20.4 Å². The number of hydrogen-bond acceptors (Lipinski definition) is 5. The van der Waals surface area contributed by atoms with Crippen molar-refractivity contribution < 1.29 is 17.5 Å². The third-order valence-corrected chi connectivity index (χ3v) is 10.3. The van der Waals surface area contributed by atoms with Crippen molar-refractivity contribution in [3.8, 4) is 0 Å². The van der Waals surface area contributed by atoms with Crippen LogP contribution < -0.4 is 5.32 Å². The van der Waals surface area contributed by atoms with Gasteiger partial charge in [0.05, 0.1) is 13.2 Å². The van der Waals surface area contributed by atoms with Gasteiger partial charge in [0, 0.05) is 60.7 Å². The van der Waals surface area contributed by atoms with Crippen molar-refractivity contribution in [2.24, 2.45) is 5.92 Å². The molecule has 3 aromatic rings. The molecule has 3 aliphatic rings. The standard InChI is InChI=1S/C29H31FN4O3S/c1-20-15-27(32-24-9-7-23(30)8-10-24)22(17-31)16-25(20)29-19-34(38(35,36)33-11-13-37-14-12-33)18-26(29)28(29)21-5-3-2-4-6-21/h2-10,15-17,26,28,31-32H,11-14,18-19H2,1H3/t26-,28-,29+/m1/s1. The summed E-state index contributed by atoms with van der Waals surface area (Å²) in [6, 6.07) is 20.5. The van der Waals surface area contributed by atoms with E-state index in [0.717, 1.165) is 22.5 Å². The van der Waals surface area contributed by atoms with Gasteiger partial charge < -0.3 is 15.5 Å². The van der Waals surface area contributed by atoms with Crippen LogP contribution in [0.5, 0.6) is 0 Å². The lowest BCUT2D eigenvalue weighted by atomic mass is 9.86. The Morgan fingerprint density at radius 1 is 1.05 bits per heavy atom. The average Bonchev–Trinajstić information content (AvgIpc) is 3.39. The highest BCUT2D eigenvalue weighted by Gasteiger charge is 2.71. The average molecular weight is 535 g/mol. The van der Waals surface area contributed by atoms with E-state index in [1.54, 1.807) is 16.4 Å². The minimum Gasteiger partial charge on any atom is -0.379 e. The lowest BCUT2D eigenvalue weighted by Crippen LogP contribution is -2.49. The van der Waals surface area contributed by atoms with Crippen molar-refractivity contribution in [1.29, 1.82) is 5.41 Å². The first-order chi connectivity index (χ1) is 18.3. The van der Waals surface area contributed by atoms with Gasteiger partial charge in [-0.3, -0.25) is 0 Å². The summed E-state index contributed by atoms with van der Waals surface area (Å²) in [5, 5.41) is 11.4. The highest BCUT2D eigenvalue weighted by molar-refractivity contribution is 7.86. The van der Waals surface area contributed by atoms with Crippen molar-refractivity contribution in [3.05, 3.63) is 94.8 Å². The molecule has 2 aliphatic heterocycles. The zero-order chi connectivity index (χ0) is 26.5. The Labute approximate surface area is 222 Å². The Kier molecular flexibility index (Phi) is 6.34. The Balaban J connectivity index is 1.38. The summed E-state index contributed by atoms with van der Waals surface area (Å²) in [7, 11) is -3.60. The smallest absolute Gasteiger partial charge is 0.282 e. The van der Waals surface area contributed by atoms with Gasteiger partial charge in [0.15, 0.2) is 0 Å². The van der Waals surface area contributed by atoms with Crippen LogP contribution in [0, 0.1) is 24.1 Å². The Hall–Kier alpha value is -3.11. The number of benzene rings is 3. The van der Waals surface area contributed by atoms with Crippen LogP contribution in [0.2, 0.25) is 0 Å². The predicted molar refractivity (Wildman–Crippen MR) is 146 cm³/mol. The molecule has 1 aliphatic carbocycles. The van der Waals surface area contributed by atoms with E-state index >= 15 is 0 Å². The molecule has 2 heterocycles. The monoisotopic (exact) mass is 534 g/mol. The van der Waals surface area contributed by atoms with Crippen LogP contribution in [0.15, 0.2) is 66.7 Å². The van der Waals surface area contributed by atoms with Gasteiger partial charge in [0.1, 0.15) is 5.82 Å². The van der Waals surface area contributed by atoms with E-state index in [1.807, 2.05) is 37.3 Å². The van der Waals surface area contributed by atoms with E-state index in [1.165, 1.54) is 28.2 Å². The summed E-state index contributed by atoms with van der Waals surface area (Å²) in [5.74, 6) is 0.0416. The van der Waals surface area contributed by atoms with E-state index in [-0.39, 0.29) is 23.1 Å². The lowest BCUT2D eigenvalue weighted by Gasteiger charge is -2.32. The minimum absolute atomic E-state index is 0.147. The Bertz CT molecular complexity index is 1460. The number of halogens is 1. The normalized spacial score (nSPS) is 25.6. The summed E-state index contributed by atoms with van der Waals surface area (Å²) in [6.07, 6.45) is 1.32. The molecule has 0 radical (unpaired) electrons. The third-order valence-electron chi connectivity index (χ3n) is 8.31. The second kappa shape index (κ2) is 9.57. The van der Waals surface area contributed by atoms with Crippen LogP contribution in [0.3, 0.4) is 0 Å². The van der Waals surface area contributed by atoms with Gasteiger partial charge >= 0.3 is 0 Å². The first-order valence-electron chi connectivity index (χ1n) is 12.9. The second-order valence-corrected chi connectivity index (χ2v) is 12.3. The quantitative estimate of drug-likeness (QED) is 0.440. The molecule has 9 heteroatoms. The molecule has 1 saturated carbocycles. The van der Waals surface area contributed by atoms with Crippen molar-refractivity contribution in [2.75, 3.05) is 44.7 Å². The van der Waals surface area contributed by atoms with E-state index in [9.17, 15) is 12.8 Å². The minimum atomic E-state index is -3.60. The fourth-order valence-corrected chi connectivity index (χ4v) is 8.14. The summed E-state index contributed by atoms with van der Waals surface area (Å²) >= 11 is 0. The van der Waals surface area contributed by atoms with Gasteiger partial charge in [-0.05, 0) is 65.9 Å². The zero-order valence-electron chi connectivity index (χ0n) is 21.2. The van der Waals surface area contributed by atoms with E-state index < -0.39 is 10.2 Å². The van der Waals surface area contributed by atoms with E-state index in [0.29, 0.717) is 45.0 Å². The molecule has 3 fully saturated rings. The fraction of sp³-hybridized carbons (Fsp3) is 0.345. The molecule has 0 bridgehead atoms. The molecule has 198 valence electrons. The maximum Gasteiger partial charge on any atom is 0.282 e. The van der Waals surface area contributed by atoms with Gasteiger partial charge in [-0.1, -0.05) is 30.3 Å². The van der Waals surface area contributed by atoms with Crippen molar-refractivity contribution >= 4 is 27.8 Å². The number of morpholine rings is 1. The molecule has 3 aromatic carbocycles. The zero-order valence-corrected chi connectivity index (χ0v) is 22.0. The molecule has 0 spiro atoms. The molecule has 2 saturated heterocycles. The number of ether oxygens (including phenoxy) is 1. The van der Waals surface area contributed by atoms with Crippen molar-refractivity contribution in [1.82, 2.24) is 8.61 Å². The van der Waals surface area contributed by atoms with E-state index in [2.05, 4.69) is 17.4 Å². The van der Waals surface area contributed by atoms with Gasteiger partial charge in [-0.2, -0.15) is 17.0 Å². The highest BCUT2D eigenvalue weighted by atomic mass is 32.2. The summed E-state index contributed by atoms with van der Waals surface area (Å²) in [5.41, 5.74) is 5.16. The van der Waals surface area contributed by atoms with Gasteiger partial charge in [0.2, 0.25) is 0 Å². The van der Waals surface area contributed by atoms with Crippen LogP contribution in [0.4, 0.5) is 15.8 Å². The van der Waals surface area contributed by atoms with Crippen LogP contribution in [0.25, 0.3) is 0 Å². The Morgan fingerprint density at radius 3 is 2.45 bits per heavy atom. The SMILES string of the molecule is Cc1cc(Nc2ccc(F)cc2)c(C=N)cc1[C@@]12CN(S(=O)(=O)N3CCOCC3)C[C@@H]1[C@H]2c1ccccc1. The number of rotatable bonds is 7. The predicted octanol–water partition coefficient (Wildman–Crippen LogP) is 4.42. The molecular formula is C29H31FN4O3S. The van der Waals surface area contributed by atoms with Crippen LogP contribution in [0.1, 0.15) is 28.2 Å². The summed E-state index contributed by atoms with van der Waals surface area (Å²) in [6.45, 7) is 4.49. The number of anilines is 2. The van der Waals surface area contributed by atoms with Gasteiger partial charge in [-0.25, -0.2) is 4.39 Å². The number of nitrogens with one attached hydrogen (secondary N) is 2. The third kappa shape index (κ3) is 4.14. The van der Waals surface area contributed by atoms with Gasteiger partial charge in [0.25, 0.3) is 10.2 Å². The van der Waals surface area contributed by atoms with E-state index in [4.69, 9.17) is 10.1 Å². The largest absolute Gasteiger partial charge is 0.379 e. The lowest BCUT2D eigenvalue weighted by molar-refractivity contribution is 0.0703. The fourth-order valence-electron chi connectivity index (χ4n) is 6.48. The molecule has 3 atom stereocenters. The Morgan fingerprint density at radius 2 is 1.76 bits per heavy atom. The van der Waals surface area contributed by atoms with Crippen molar-refractivity contribution in [3.63, 3.8) is 0 Å². The number of fused-ring (bicyclic) bond motifs is 1. The molecule has 0 amide bonds. The number of aryl methyl sites for hydroxylation is 1. The maximum absolute atomic E-state index is 13.6. The molecule has 7 nitrogen and oxygen atoms in total. The maximum atomic E-state index is 13.6. The molecule has 6 rings (SSSR count). The number of piperidine rings is 1. The molecule has 0 unspecified atom stereocenters. The molecule has 38 heavy (non-hydrogen) atoms. The van der Waals surface area contributed by atoms with Crippen LogP contribution in [-0.4, -0.2) is 62.6 Å². The first kappa shape index (κ1) is 25.2. The molecule has 2 N–H and O–H groups in total. The molecular weight excluding hydrogens is 503 g/mol. The number of nitrogens with zero attached hydrogens (tertiary/aromatic N) is 2. The van der Waals surface area contributed by atoms with Crippen LogP contribution >= 0.6 is 0 Å². The summed E-state index contributed by atoms with van der Waals surface area (Å²) in [4.78, 5) is 0. The highest BCUT2D eigenvalue weighted by Crippen LogP contribution is 2.70. The van der Waals surface area contributed by atoms with Gasteiger partial charge in [-0.15, -0.1) is 0 Å². The second-order valence-electron chi connectivity index (χ2n) is 10.4. The first-order valence-corrected chi connectivity index (χ1v) is 14.3. The summed E-state index contributed by atoms with van der Waals surface area (Å²) < 4.78 is 49.1.